The van der Waals surface area contributed by atoms with Crippen molar-refractivity contribution in [1.82, 2.24) is 0 Å². The zero-order valence-corrected chi connectivity index (χ0v) is 16.0. The molecule has 0 unspecified atom stereocenters. The Morgan fingerprint density at radius 2 is 0.808 bits per heavy atom. The summed E-state index contributed by atoms with van der Waals surface area (Å²) >= 11 is 0. The van der Waals surface area contributed by atoms with Crippen molar-refractivity contribution in [2.75, 3.05) is 0 Å². The standard InChI is InChI=1S/C6H6O3.2C6H6O2.Na.H/c7-4-2-1-3-5(8)6(4)9;7-5-2-1-3-6(8)4-5;7-5-3-1-2-4-6(5)8;;/h1-3,7-9H;2*1-4,7-8H;;/q;;;+1;-1. The summed E-state index contributed by atoms with van der Waals surface area (Å²) in [7, 11) is 0. The van der Waals surface area contributed by atoms with Gasteiger partial charge in [-0.2, -0.15) is 0 Å². The van der Waals surface area contributed by atoms with Crippen molar-refractivity contribution in [1.29, 1.82) is 0 Å². The number of hydrogen-bond acceptors (Lipinski definition) is 7. The first-order chi connectivity index (χ1) is 11.8. The van der Waals surface area contributed by atoms with Gasteiger partial charge in [-0.15, -0.1) is 0 Å². The van der Waals surface area contributed by atoms with Gasteiger partial charge in [0.05, 0.1) is 0 Å². The molecule has 3 aromatic carbocycles. The van der Waals surface area contributed by atoms with Crippen LogP contribution >= 0.6 is 0 Å². The number of rotatable bonds is 0. The molecule has 0 saturated carbocycles. The number of aromatic hydroxyl groups is 7. The third-order valence-electron chi connectivity index (χ3n) is 2.70. The predicted molar refractivity (Wildman–Crippen MR) is 92.1 cm³/mol. The van der Waals surface area contributed by atoms with Crippen LogP contribution in [0.2, 0.25) is 0 Å². The van der Waals surface area contributed by atoms with Gasteiger partial charge < -0.3 is 37.2 Å². The third-order valence-corrected chi connectivity index (χ3v) is 2.70. The summed E-state index contributed by atoms with van der Waals surface area (Å²) in [6.07, 6.45) is 0. The van der Waals surface area contributed by atoms with E-state index in [1.807, 2.05) is 0 Å². The molecule has 0 fully saturated rings. The van der Waals surface area contributed by atoms with Gasteiger partial charge in [0, 0.05) is 6.07 Å². The van der Waals surface area contributed by atoms with Crippen LogP contribution in [-0.4, -0.2) is 35.7 Å². The molecular formula is C18H19NaO7. The predicted octanol–water partition coefficient (Wildman–Crippen LogP) is 0.115. The first-order valence-electron chi connectivity index (χ1n) is 6.96. The zero-order valence-electron chi connectivity index (χ0n) is 15.0. The first-order valence-corrected chi connectivity index (χ1v) is 6.96. The van der Waals surface area contributed by atoms with Gasteiger partial charge in [-0.3, -0.25) is 0 Å². The van der Waals surface area contributed by atoms with Crippen molar-refractivity contribution in [2.45, 2.75) is 0 Å². The second kappa shape index (κ2) is 11.8. The van der Waals surface area contributed by atoms with Gasteiger partial charge in [0.25, 0.3) is 0 Å². The Kier molecular flexibility index (Phi) is 10.5. The van der Waals surface area contributed by atoms with E-state index in [2.05, 4.69) is 0 Å². The van der Waals surface area contributed by atoms with Gasteiger partial charge in [-0.05, 0) is 36.4 Å². The summed E-state index contributed by atoms with van der Waals surface area (Å²) in [4.78, 5) is 0. The normalized spacial score (nSPS) is 8.77. The van der Waals surface area contributed by atoms with E-state index < -0.39 is 5.75 Å². The molecule has 3 rings (SSSR count). The number of benzene rings is 3. The summed E-state index contributed by atoms with van der Waals surface area (Å²) in [6, 6.07) is 16.0. The molecular weight excluding hydrogens is 351 g/mol. The van der Waals surface area contributed by atoms with Crippen molar-refractivity contribution in [2.24, 2.45) is 0 Å². The summed E-state index contributed by atoms with van der Waals surface area (Å²) in [5, 5.41) is 60.7. The second-order valence-corrected chi connectivity index (χ2v) is 4.65. The van der Waals surface area contributed by atoms with E-state index in [9.17, 15) is 0 Å². The first kappa shape index (κ1) is 23.3. The molecule has 0 amide bonds. The summed E-state index contributed by atoms with van der Waals surface area (Å²) in [5.74, 6) is -1.07. The van der Waals surface area contributed by atoms with Crippen LogP contribution in [-0.2, 0) is 0 Å². The largest absolute Gasteiger partial charge is 1.00 e. The molecule has 8 heteroatoms. The molecule has 0 saturated heterocycles. The SMILES string of the molecule is Oc1cccc(O)c1.Oc1cccc(O)c1O.Oc1ccccc1O.[H-].[Na+]. The number of phenols is 7. The topological polar surface area (TPSA) is 142 Å². The molecule has 7 nitrogen and oxygen atoms in total. The molecule has 0 spiro atoms. The summed E-state index contributed by atoms with van der Waals surface area (Å²) < 4.78 is 0. The summed E-state index contributed by atoms with van der Waals surface area (Å²) in [6.45, 7) is 0. The fraction of sp³-hybridized carbons (Fsp3) is 0. The van der Waals surface area contributed by atoms with Gasteiger partial charge in [0.2, 0.25) is 0 Å². The van der Waals surface area contributed by atoms with E-state index in [-0.39, 0.29) is 65.5 Å². The van der Waals surface area contributed by atoms with Crippen LogP contribution in [0.3, 0.4) is 0 Å². The third kappa shape index (κ3) is 8.39. The fourth-order valence-corrected chi connectivity index (χ4v) is 1.48. The van der Waals surface area contributed by atoms with Crippen LogP contribution in [0.1, 0.15) is 1.43 Å². The monoisotopic (exact) mass is 370 g/mol. The Morgan fingerprint density at radius 1 is 0.462 bits per heavy atom. The Morgan fingerprint density at radius 3 is 1.08 bits per heavy atom. The molecule has 0 aliphatic heterocycles. The van der Waals surface area contributed by atoms with Crippen molar-refractivity contribution in [3.8, 4) is 40.2 Å². The molecule has 3 aromatic rings. The molecule has 0 aliphatic rings. The average Bonchev–Trinajstić information content (AvgIpc) is 2.56. The Balaban J connectivity index is 0. The minimum atomic E-state index is -0.475. The van der Waals surface area contributed by atoms with Gasteiger partial charge >= 0.3 is 29.6 Å². The molecule has 7 N–H and O–H groups in total. The molecule has 0 aliphatic carbocycles. The van der Waals surface area contributed by atoms with Gasteiger partial charge in [0.15, 0.2) is 28.7 Å². The molecule has 0 aromatic heterocycles. The molecule has 134 valence electrons. The van der Waals surface area contributed by atoms with Gasteiger partial charge in [-0.25, -0.2) is 0 Å². The van der Waals surface area contributed by atoms with E-state index >= 15 is 0 Å². The fourth-order valence-electron chi connectivity index (χ4n) is 1.48. The van der Waals surface area contributed by atoms with Gasteiger partial charge in [-0.1, -0.05) is 24.3 Å². The van der Waals surface area contributed by atoms with E-state index in [0.717, 1.165) is 0 Å². The Hall–Kier alpha value is -2.74. The van der Waals surface area contributed by atoms with Crippen LogP contribution in [0.5, 0.6) is 40.2 Å². The average molecular weight is 370 g/mol. The minimum Gasteiger partial charge on any atom is -1.00 e. The zero-order chi connectivity index (χ0) is 18.8. The smallest absolute Gasteiger partial charge is 1.00 e. The quantitative estimate of drug-likeness (QED) is 0.220. The van der Waals surface area contributed by atoms with Crippen molar-refractivity contribution in [3.63, 3.8) is 0 Å². The van der Waals surface area contributed by atoms with Crippen LogP contribution in [0.25, 0.3) is 0 Å². The van der Waals surface area contributed by atoms with Crippen molar-refractivity contribution in [3.05, 3.63) is 66.7 Å². The van der Waals surface area contributed by atoms with Crippen LogP contribution < -0.4 is 29.6 Å². The number of para-hydroxylation sites is 3. The van der Waals surface area contributed by atoms with E-state index in [4.69, 9.17) is 35.7 Å². The van der Waals surface area contributed by atoms with Crippen molar-refractivity contribution < 1.29 is 66.7 Å². The Labute approximate surface area is 173 Å². The molecule has 0 bridgehead atoms. The van der Waals surface area contributed by atoms with Crippen molar-refractivity contribution >= 4 is 0 Å². The number of hydrogen-bond donors (Lipinski definition) is 7. The second-order valence-electron chi connectivity index (χ2n) is 4.65. The summed E-state index contributed by atoms with van der Waals surface area (Å²) in [5.41, 5.74) is 0. The molecule has 0 radical (unpaired) electrons. The molecule has 26 heavy (non-hydrogen) atoms. The number of phenolic OH excluding ortho intramolecular Hbond substituents is 7. The van der Waals surface area contributed by atoms with Gasteiger partial charge in [0.1, 0.15) is 11.5 Å². The maximum Gasteiger partial charge on any atom is 1.00 e. The maximum atomic E-state index is 8.71. The molecule has 0 atom stereocenters. The van der Waals surface area contributed by atoms with E-state index in [1.54, 1.807) is 18.2 Å². The van der Waals surface area contributed by atoms with E-state index in [0.29, 0.717) is 0 Å². The van der Waals surface area contributed by atoms with E-state index in [1.165, 1.54) is 48.5 Å². The Bertz CT molecular complexity index is 757. The van der Waals surface area contributed by atoms with Crippen LogP contribution in [0.4, 0.5) is 0 Å². The van der Waals surface area contributed by atoms with Crippen LogP contribution in [0, 0.1) is 0 Å². The maximum absolute atomic E-state index is 8.71. The minimum absolute atomic E-state index is 0. The van der Waals surface area contributed by atoms with Crippen LogP contribution in [0.15, 0.2) is 66.7 Å². The molecule has 0 heterocycles.